The third kappa shape index (κ3) is 2.13. The number of nitrogens with one attached hydrogen (secondary N) is 1. The summed E-state index contributed by atoms with van der Waals surface area (Å²) in [5, 5.41) is 3.80. The zero-order chi connectivity index (χ0) is 14.1. The molecule has 1 fully saturated rings. The van der Waals surface area contributed by atoms with Gasteiger partial charge in [-0.15, -0.1) is 0 Å². The maximum Gasteiger partial charge on any atom is 0.144 e. The molecule has 1 aliphatic rings. The second-order valence-corrected chi connectivity index (χ2v) is 5.11. The Morgan fingerprint density at radius 3 is 2.60 bits per heavy atom. The van der Waals surface area contributed by atoms with Gasteiger partial charge in [-0.2, -0.15) is 0 Å². The van der Waals surface area contributed by atoms with E-state index in [0.29, 0.717) is 22.4 Å². The lowest BCUT2D eigenvalue weighted by atomic mass is 9.99. The van der Waals surface area contributed by atoms with Crippen LogP contribution < -0.4 is 14.8 Å². The van der Waals surface area contributed by atoms with E-state index in [1.165, 1.54) is 0 Å². The average Bonchev–Trinajstić information content (AvgIpc) is 2.85. The lowest BCUT2D eigenvalue weighted by Gasteiger charge is -2.28. The van der Waals surface area contributed by atoms with Crippen LogP contribution in [0.4, 0.5) is 0 Å². The molecule has 6 heteroatoms. The smallest absolute Gasteiger partial charge is 0.144 e. The maximum atomic E-state index is 6.14. The zero-order valence-corrected chi connectivity index (χ0v) is 12.1. The van der Waals surface area contributed by atoms with Crippen LogP contribution in [-0.4, -0.2) is 36.9 Å². The van der Waals surface area contributed by atoms with Crippen LogP contribution in [0.2, 0.25) is 5.02 Å². The van der Waals surface area contributed by atoms with E-state index < -0.39 is 0 Å². The van der Waals surface area contributed by atoms with E-state index in [-0.39, 0.29) is 0 Å². The van der Waals surface area contributed by atoms with Crippen LogP contribution in [-0.2, 0) is 0 Å². The molecule has 0 bridgehead atoms. The van der Waals surface area contributed by atoms with Gasteiger partial charge in [-0.1, -0.05) is 11.6 Å². The molecule has 0 aliphatic carbocycles. The third-order valence-corrected chi connectivity index (χ3v) is 3.88. The number of benzene rings is 1. The summed E-state index contributed by atoms with van der Waals surface area (Å²) < 4.78 is 12.8. The van der Waals surface area contributed by atoms with E-state index in [1.54, 1.807) is 26.6 Å². The van der Waals surface area contributed by atoms with Gasteiger partial charge in [0.05, 0.1) is 31.3 Å². The summed E-state index contributed by atoms with van der Waals surface area (Å²) in [4.78, 5) is 4.26. The van der Waals surface area contributed by atoms with Crippen LogP contribution in [0.1, 0.15) is 11.6 Å². The molecule has 0 unspecified atom stereocenters. The van der Waals surface area contributed by atoms with Gasteiger partial charge in [0.1, 0.15) is 11.5 Å². The van der Waals surface area contributed by atoms with Crippen molar-refractivity contribution in [1.29, 1.82) is 0 Å². The highest BCUT2D eigenvalue weighted by Gasteiger charge is 2.24. The van der Waals surface area contributed by atoms with Gasteiger partial charge in [-0.3, -0.25) is 4.57 Å². The minimum absolute atomic E-state index is 0.476. The quantitative estimate of drug-likeness (QED) is 0.939. The molecule has 1 aliphatic heterocycles. The Bertz CT molecular complexity index is 623. The summed E-state index contributed by atoms with van der Waals surface area (Å²) in [5.74, 6) is 1.79. The van der Waals surface area contributed by atoms with Crippen LogP contribution >= 0.6 is 11.6 Å². The largest absolute Gasteiger partial charge is 0.495 e. The molecule has 0 radical (unpaired) electrons. The molecule has 20 heavy (non-hydrogen) atoms. The number of methoxy groups -OCH3 is 2. The van der Waals surface area contributed by atoms with Gasteiger partial charge in [0.2, 0.25) is 0 Å². The molecule has 0 amide bonds. The van der Waals surface area contributed by atoms with Crippen molar-refractivity contribution < 1.29 is 9.47 Å². The first kappa shape index (κ1) is 13.3. The fourth-order valence-corrected chi connectivity index (χ4v) is 2.57. The van der Waals surface area contributed by atoms with Crippen molar-refractivity contribution in [3.05, 3.63) is 35.4 Å². The predicted molar refractivity (Wildman–Crippen MR) is 77.3 cm³/mol. The standard InChI is InChI=1S/C14H16ClN3O2/c1-19-13-4-11(14(20-2)3-10(13)15)18-8-17-7-12(18)9-5-16-6-9/h3-4,7-9,16H,5-6H2,1-2H3. The van der Waals surface area contributed by atoms with E-state index in [9.17, 15) is 0 Å². The van der Waals surface area contributed by atoms with Crippen molar-refractivity contribution in [2.24, 2.45) is 0 Å². The molecule has 1 aromatic carbocycles. The number of halogens is 1. The summed E-state index contributed by atoms with van der Waals surface area (Å²) in [6.07, 6.45) is 3.69. The molecule has 0 spiro atoms. The molecule has 0 saturated carbocycles. The van der Waals surface area contributed by atoms with E-state index >= 15 is 0 Å². The Morgan fingerprint density at radius 1 is 1.25 bits per heavy atom. The van der Waals surface area contributed by atoms with Crippen LogP contribution in [0.3, 0.4) is 0 Å². The first-order valence-electron chi connectivity index (χ1n) is 6.39. The Hall–Kier alpha value is -1.72. The Labute approximate surface area is 122 Å². The summed E-state index contributed by atoms with van der Waals surface area (Å²) in [7, 11) is 3.23. The van der Waals surface area contributed by atoms with Gasteiger partial charge in [0, 0.05) is 43.0 Å². The molecule has 0 atom stereocenters. The molecule has 2 aromatic rings. The van der Waals surface area contributed by atoms with Crippen LogP contribution in [0.25, 0.3) is 5.69 Å². The summed E-state index contributed by atoms with van der Waals surface area (Å²) in [6, 6.07) is 3.64. The number of hydrogen-bond acceptors (Lipinski definition) is 4. The molecule has 1 N–H and O–H groups in total. The fraction of sp³-hybridized carbons (Fsp3) is 0.357. The average molecular weight is 294 g/mol. The van der Waals surface area contributed by atoms with E-state index in [4.69, 9.17) is 21.1 Å². The second kappa shape index (κ2) is 5.34. The number of rotatable bonds is 4. The second-order valence-electron chi connectivity index (χ2n) is 4.70. The molecule has 3 rings (SSSR count). The fourth-order valence-electron chi connectivity index (χ4n) is 2.34. The SMILES string of the molecule is COc1cc(-n2cncc2C2CNC2)c(OC)cc1Cl. The first-order chi connectivity index (χ1) is 9.74. The van der Waals surface area contributed by atoms with E-state index in [0.717, 1.165) is 24.5 Å². The van der Waals surface area contributed by atoms with Gasteiger partial charge < -0.3 is 14.8 Å². The van der Waals surface area contributed by atoms with E-state index in [1.807, 2.05) is 16.8 Å². The van der Waals surface area contributed by atoms with Crippen LogP contribution in [0.5, 0.6) is 11.5 Å². The van der Waals surface area contributed by atoms with Crippen molar-refractivity contribution in [3.8, 4) is 17.2 Å². The zero-order valence-electron chi connectivity index (χ0n) is 11.4. The van der Waals surface area contributed by atoms with Gasteiger partial charge in [0.15, 0.2) is 0 Å². The topological polar surface area (TPSA) is 48.3 Å². The molecule has 2 heterocycles. The third-order valence-electron chi connectivity index (χ3n) is 3.58. The van der Waals surface area contributed by atoms with Crippen LogP contribution in [0, 0.1) is 0 Å². The molecule has 106 valence electrons. The lowest BCUT2D eigenvalue weighted by Crippen LogP contribution is -2.40. The number of hydrogen-bond donors (Lipinski definition) is 1. The summed E-state index contributed by atoms with van der Waals surface area (Å²) >= 11 is 6.14. The summed E-state index contributed by atoms with van der Waals surface area (Å²) in [5.41, 5.74) is 2.04. The number of aromatic nitrogens is 2. The Morgan fingerprint density at radius 2 is 2.00 bits per heavy atom. The van der Waals surface area contributed by atoms with Crippen molar-refractivity contribution in [1.82, 2.24) is 14.9 Å². The molecular weight excluding hydrogens is 278 g/mol. The molecule has 1 aromatic heterocycles. The predicted octanol–water partition coefficient (Wildman–Crippen LogP) is 2.23. The number of imidazole rings is 1. The highest BCUT2D eigenvalue weighted by Crippen LogP contribution is 2.36. The van der Waals surface area contributed by atoms with Crippen molar-refractivity contribution in [3.63, 3.8) is 0 Å². The Balaban J connectivity index is 2.11. The number of nitrogens with zero attached hydrogens (tertiary/aromatic N) is 2. The maximum absolute atomic E-state index is 6.14. The number of ether oxygens (including phenoxy) is 2. The van der Waals surface area contributed by atoms with Crippen molar-refractivity contribution in [2.45, 2.75) is 5.92 Å². The minimum atomic E-state index is 0.476. The summed E-state index contributed by atoms with van der Waals surface area (Å²) in [6.45, 7) is 1.94. The van der Waals surface area contributed by atoms with Gasteiger partial charge in [-0.05, 0) is 0 Å². The Kier molecular flexibility index (Phi) is 3.54. The molecule has 1 saturated heterocycles. The lowest BCUT2D eigenvalue weighted by molar-refractivity contribution is 0.399. The van der Waals surface area contributed by atoms with E-state index in [2.05, 4.69) is 10.3 Å². The van der Waals surface area contributed by atoms with Gasteiger partial charge in [0.25, 0.3) is 0 Å². The minimum Gasteiger partial charge on any atom is -0.495 e. The normalized spacial score (nSPS) is 14.9. The highest BCUT2D eigenvalue weighted by atomic mass is 35.5. The van der Waals surface area contributed by atoms with Crippen molar-refractivity contribution in [2.75, 3.05) is 27.3 Å². The first-order valence-corrected chi connectivity index (χ1v) is 6.77. The van der Waals surface area contributed by atoms with Gasteiger partial charge in [-0.25, -0.2) is 4.98 Å². The highest BCUT2D eigenvalue weighted by molar-refractivity contribution is 6.32. The molecule has 5 nitrogen and oxygen atoms in total. The van der Waals surface area contributed by atoms with Crippen molar-refractivity contribution >= 4 is 11.6 Å². The van der Waals surface area contributed by atoms with Gasteiger partial charge >= 0.3 is 0 Å². The molecular formula is C14H16ClN3O2. The van der Waals surface area contributed by atoms with Crippen LogP contribution in [0.15, 0.2) is 24.7 Å². The monoisotopic (exact) mass is 293 g/mol.